The summed E-state index contributed by atoms with van der Waals surface area (Å²) in [6, 6.07) is 6.14. The van der Waals surface area contributed by atoms with Crippen molar-refractivity contribution in [1.29, 1.82) is 0 Å². The fourth-order valence-electron chi connectivity index (χ4n) is 4.18. The number of ether oxygens (including phenoxy) is 1. The van der Waals surface area contributed by atoms with Crippen LogP contribution in [0.5, 0.6) is 0 Å². The number of pyridine rings is 2. The van der Waals surface area contributed by atoms with Crippen LogP contribution in [-0.2, 0) is 10.3 Å². The van der Waals surface area contributed by atoms with Crippen LogP contribution in [0.25, 0.3) is 10.9 Å². The summed E-state index contributed by atoms with van der Waals surface area (Å²) in [6.07, 6.45) is 3.50. The minimum Gasteiger partial charge on any atom is -0.383 e. The molecule has 6 nitrogen and oxygen atoms in total. The summed E-state index contributed by atoms with van der Waals surface area (Å²) < 4.78 is 34.6. The summed E-state index contributed by atoms with van der Waals surface area (Å²) in [4.78, 5) is 13.1. The van der Waals surface area contributed by atoms with Gasteiger partial charge in [0.1, 0.15) is 5.52 Å². The van der Waals surface area contributed by atoms with Crippen molar-refractivity contribution in [3.8, 4) is 0 Å². The highest BCUT2D eigenvalue weighted by Gasteiger charge is 2.44. The maximum absolute atomic E-state index is 15.0. The molecule has 32 heavy (non-hydrogen) atoms. The number of rotatable bonds is 5. The van der Waals surface area contributed by atoms with Crippen molar-refractivity contribution in [2.45, 2.75) is 30.6 Å². The number of hydrogen-bond acceptors (Lipinski definition) is 7. The summed E-state index contributed by atoms with van der Waals surface area (Å²) in [5.41, 5.74) is 5.96. The first-order valence-corrected chi connectivity index (χ1v) is 11.0. The molecule has 0 unspecified atom stereocenters. The zero-order valence-corrected chi connectivity index (χ0v) is 19.3. The molecule has 1 aliphatic heterocycles. The lowest BCUT2D eigenvalue weighted by molar-refractivity contribution is 0.157. The highest BCUT2D eigenvalue weighted by Crippen LogP contribution is 2.46. The molecular formula is C22H22ClF2N5OS. The van der Waals surface area contributed by atoms with Crippen molar-refractivity contribution in [2.24, 2.45) is 10.7 Å². The van der Waals surface area contributed by atoms with Gasteiger partial charge in [0, 0.05) is 47.0 Å². The SMILES string of the molecule is COC[C@@]1(C)C[C@@](C)(c2cc(Nc3nccc4cc(Cl)cnc34)cc(F)c2F)N=C(N)S1. The topological polar surface area (TPSA) is 85.4 Å². The predicted molar refractivity (Wildman–Crippen MR) is 126 cm³/mol. The van der Waals surface area contributed by atoms with E-state index in [9.17, 15) is 4.39 Å². The third-order valence-corrected chi connectivity index (χ3v) is 6.57. The molecule has 10 heteroatoms. The average Bonchev–Trinajstić information content (AvgIpc) is 2.69. The molecular weight excluding hydrogens is 456 g/mol. The van der Waals surface area contributed by atoms with Gasteiger partial charge in [-0.1, -0.05) is 23.4 Å². The number of nitrogens with zero attached hydrogens (tertiary/aromatic N) is 3. The Morgan fingerprint density at radius 2 is 2.03 bits per heavy atom. The van der Waals surface area contributed by atoms with Crippen LogP contribution in [0, 0.1) is 11.6 Å². The first kappa shape index (κ1) is 22.7. The summed E-state index contributed by atoms with van der Waals surface area (Å²) in [5.74, 6) is -1.56. The van der Waals surface area contributed by atoms with E-state index in [1.54, 1.807) is 32.4 Å². The van der Waals surface area contributed by atoms with Crippen molar-refractivity contribution in [1.82, 2.24) is 9.97 Å². The molecule has 0 spiro atoms. The Hall–Kier alpha value is -2.49. The van der Waals surface area contributed by atoms with Crippen LogP contribution < -0.4 is 11.1 Å². The number of aromatic nitrogens is 2. The molecule has 0 saturated heterocycles. The third kappa shape index (κ3) is 4.37. The Bertz CT molecular complexity index is 1230. The zero-order chi connectivity index (χ0) is 23.1. The van der Waals surface area contributed by atoms with Gasteiger partial charge >= 0.3 is 0 Å². The number of fused-ring (bicyclic) bond motifs is 1. The van der Waals surface area contributed by atoms with Gasteiger partial charge in [0.05, 0.1) is 17.2 Å². The molecule has 2 aromatic heterocycles. The fourth-order valence-corrected chi connectivity index (χ4v) is 5.63. The largest absolute Gasteiger partial charge is 0.383 e. The molecule has 0 radical (unpaired) electrons. The van der Waals surface area contributed by atoms with E-state index in [1.807, 2.05) is 6.92 Å². The van der Waals surface area contributed by atoms with Crippen LogP contribution in [0.3, 0.4) is 0 Å². The molecule has 0 fully saturated rings. The van der Waals surface area contributed by atoms with Gasteiger partial charge in [-0.3, -0.25) is 9.98 Å². The van der Waals surface area contributed by atoms with Crippen molar-refractivity contribution < 1.29 is 13.5 Å². The van der Waals surface area contributed by atoms with E-state index in [-0.39, 0.29) is 5.56 Å². The molecule has 3 N–H and O–H groups in total. The van der Waals surface area contributed by atoms with Crippen LogP contribution in [-0.4, -0.2) is 33.6 Å². The van der Waals surface area contributed by atoms with E-state index in [2.05, 4.69) is 20.3 Å². The maximum atomic E-state index is 15.0. The lowest BCUT2D eigenvalue weighted by Gasteiger charge is -2.41. The van der Waals surface area contributed by atoms with Gasteiger partial charge in [0.25, 0.3) is 0 Å². The number of thioether (sulfide) groups is 1. The molecule has 168 valence electrons. The Kier molecular flexibility index (Phi) is 6.00. The minimum absolute atomic E-state index is 0.0989. The van der Waals surface area contributed by atoms with E-state index in [4.69, 9.17) is 22.1 Å². The average molecular weight is 478 g/mol. The lowest BCUT2D eigenvalue weighted by Crippen LogP contribution is -2.43. The van der Waals surface area contributed by atoms with Crippen molar-refractivity contribution in [3.05, 3.63) is 58.9 Å². The van der Waals surface area contributed by atoms with Gasteiger partial charge in [-0.25, -0.2) is 13.8 Å². The molecule has 1 aliphatic rings. The number of methoxy groups -OCH3 is 1. The number of aliphatic imine (C=N–C) groups is 1. The summed E-state index contributed by atoms with van der Waals surface area (Å²) >= 11 is 7.39. The van der Waals surface area contributed by atoms with Gasteiger partial charge in [0.15, 0.2) is 22.6 Å². The van der Waals surface area contributed by atoms with E-state index < -0.39 is 21.9 Å². The second kappa shape index (κ2) is 8.46. The van der Waals surface area contributed by atoms with Gasteiger partial charge in [0.2, 0.25) is 0 Å². The highest BCUT2D eigenvalue weighted by molar-refractivity contribution is 8.15. The van der Waals surface area contributed by atoms with Crippen LogP contribution in [0.2, 0.25) is 5.02 Å². The van der Waals surface area contributed by atoms with E-state index in [1.165, 1.54) is 24.0 Å². The molecule has 3 aromatic rings. The smallest absolute Gasteiger partial charge is 0.164 e. The summed E-state index contributed by atoms with van der Waals surface area (Å²) in [5, 5.41) is 4.61. The standard InChI is InChI=1S/C22H22ClF2N5OS/c1-21(11-31-3)10-22(2,30-20(26)32-21)15-7-14(8-16(24)17(15)25)29-19-18-12(4-5-27-19)6-13(23)9-28-18/h4-9H,10-11H2,1-3H3,(H2,26,30)(H,27,29)/t21-,22+/m1/s1. The zero-order valence-electron chi connectivity index (χ0n) is 17.7. The van der Waals surface area contributed by atoms with Crippen molar-refractivity contribution in [2.75, 3.05) is 19.0 Å². The number of benzene rings is 1. The van der Waals surface area contributed by atoms with Gasteiger partial charge in [-0.05, 0) is 38.5 Å². The quantitative estimate of drug-likeness (QED) is 0.513. The normalized spacial score (nSPS) is 23.2. The maximum Gasteiger partial charge on any atom is 0.164 e. The van der Waals surface area contributed by atoms with E-state index in [0.29, 0.717) is 40.2 Å². The minimum atomic E-state index is -1.08. The first-order chi connectivity index (χ1) is 15.1. The Balaban J connectivity index is 1.77. The molecule has 0 bridgehead atoms. The van der Waals surface area contributed by atoms with E-state index >= 15 is 4.39 Å². The molecule has 4 rings (SSSR count). The highest BCUT2D eigenvalue weighted by atomic mass is 35.5. The Labute approximate surface area is 193 Å². The lowest BCUT2D eigenvalue weighted by atomic mass is 9.83. The Morgan fingerprint density at radius 1 is 1.25 bits per heavy atom. The van der Waals surface area contributed by atoms with Crippen LogP contribution in [0.1, 0.15) is 25.8 Å². The second-order valence-electron chi connectivity index (χ2n) is 8.22. The molecule has 1 aromatic carbocycles. The summed E-state index contributed by atoms with van der Waals surface area (Å²) in [7, 11) is 1.59. The van der Waals surface area contributed by atoms with Crippen LogP contribution >= 0.6 is 23.4 Å². The number of anilines is 2. The van der Waals surface area contributed by atoms with Gasteiger partial charge < -0.3 is 15.8 Å². The van der Waals surface area contributed by atoms with E-state index in [0.717, 1.165) is 11.5 Å². The Morgan fingerprint density at radius 3 is 2.78 bits per heavy atom. The number of nitrogens with two attached hydrogens (primary N) is 1. The first-order valence-electron chi connectivity index (χ1n) is 9.83. The number of nitrogens with one attached hydrogen (secondary N) is 1. The van der Waals surface area contributed by atoms with Crippen LogP contribution in [0.4, 0.5) is 20.3 Å². The third-order valence-electron chi connectivity index (χ3n) is 5.31. The number of halogens is 3. The van der Waals surface area contributed by atoms with Crippen molar-refractivity contribution >= 4 is 50.9 Å². The van der Waals surface area contributed by atoms with Crippen molar-refractivity contribution in [3.63, 3.8) is 0 Å². The van der Waals surface area contributed by atoms with Gasteiger partial charge in [-0.15, -0.1) is 0 Å². The molecule has 3 heterocycles. The molecule has 0 amide bonds. The molecule has 0 aliphatic carbocycles. The van der Waals surface area contributed by atoms with Crippen LogP contribution in [0.15, 0.2) is 41.7 Å². The summed E-state index contributed by atoms with van der Waals surface area (Å²) in [6.45, 7) is 4.10. The molecule has 0 saturated carbocycles. The predicted octanol–water partition coefficient (Wildman–Crippen LogP) is 5.38. The monoisotopic (exact) mass is 477 g/mol. The molecule has 2 atom stereocenters. The number of hydrogen-bond donors (Lipinski definition) is 2. The van der Waals surface area contributed by atoms with Gasteiger partial charge in [-0.2, -0.15) is 0 Å². The number of amidine groups is 1. The fraction of sp³-hybridized carbons (Fsp3) is 0.318. The second-order valence-corrected chi connectivity index (χ2v) is 10.3.